The summed E-state index contributed by atoms with van der Waals surface area (Å²) in [4.78, 5) is 53.0. The molecule has 3 aliphatic rings. The number of carbonyl (C=O) groups is 4. The molecular formula is C30H36N4O5. The Hall–Kier alpha value is -3.88. The second kappa shape index (κ2) is 10.4. The van der Waals surface area contributed by atoms with Crippen molar-refractivity contribution in [3.05, 3.63) is 58.7 Å². The Morgan fingerprint density at radius 3 is 2.49 bits per heavy atom. The number of amides is 4. The maximum atomic E-state index is 13.2. The fourth-order valence-corrected chi connectivity index (χ4v) is 5.87. The summed E-state index contributed by atoms with van der Waals surface area (Å²) < 4.78 is 6.16. The molecule has 9 nitrogen and oxygen atoms in total. The first kappa shape index (κ1) is 26.7. The third-order valence-electron chi connectivity index (χ3n) is 8.06. The van der Waals surface area contributed by atoms with Gasteiger partial charge in [0.05, 0.1) is 6.61 Å². The molecule has 0 saturated carbocycles. The molecule has 2 aromatic carbocycles. The van der Waals surface area contributed by atoms with Crippen molar-refractivity contribution in [1.29, 1.82) is 0 Å². The van der Waals surface area contributed by atoms with Gasteiger partial charge in [0.15, 0.2) is 0 Å². The second-order valence-electron chi connectivity index (χ2n) is 11.8. The molecule has 3 heterocycles. The Balaban J connectivity index is 1.22. The van der Waals surface area contributed by atoms with E-state index in [1.807, 2.05) is 51.1 Å². The fourth-order valence-electron chi connectivity index (χ4n) is 5.87. The van der Waals surface area contributed by atoms with Crippen LogP contribution in [0.5, 0.6) is 5.75 Å². The molecule has 2 aromatic rings. The summed E-state index contributed by atoms with van der Waals surface area (Å²) >= 11 is 0. The first-order chi connectivity index (χ1) is 18.5. The molecule has 2 saturated heterocycles. The Bertz CT molecular complexity index is 1320. The number of nitrogens with two attached hydrogens (primary N) is 1. The van der Waals surface area contributed by atoms with E-state index in [9.17, 15) is 19.2 Å². The lowest BCUT2D eigenvalue weighted by Gasteiger charge is -2.35. The number of ether oxygens (including phenoxy) is 1. The minimum Gasteiger partial charge on any atom is -0.493 e. The van der Waals surface area contributed by atoms with E-state index in [1.54, 1.807) is 11.0 Å². The highest BCUT2D eigenvalue weighted by molar-refractivity contribution is 6.06. The van der Waals surface area contributed by atoms with Crippen LogP contribution in [0.1, 0.15) is 78.3 Å². The summed E-state index contributed by atoms with van der Waals surface area (Å²) in [5.74, 6) is -0.150. The van der Waals surface area contributed by atoms with Gasteiger partial charge in [-0.15, -0.1) is 0 Å². The van der Waals surface area contributed by atoms with E-state index in [-0.39, 0.29) is 23.7 Å². The average molecular weight is 533 g/mol. The molecule has 1 atom stereocenters. The summed E-state index contributed by atoms with van der Waals surface area (Å²) in [5, 5.41) is 2.36. The number of hydrogen-bond acceptors (Lipinski definition) is 6. The Morgan fingerprint density at radius 2 is 1.82 bits per heavy atom. The third-order valence-corrected chi connectivity index (χ3v) is 8.06. The summed E-state index contributed by atoms with van der Waals surface area (Å²) in [6, 6.07) is 10.6. The van der Waals surface area contributed by atoms with Gasteiger partial charge in [0.25, 0.3) is 5.91 Å². The van der Waals surface area contributed by atoms with Gasteiger partial charge >= 0.3 is 0 Å². The standard InChI is InChI=1S/C30H36N4O5/c1-30(2,3)23-15-19(7-8-21(23)27(31)36)39-17-18-11-13-33(14-12-18)24-6-4-5-20-22(24)16-34(29(20)38)25-9-10-26(35)32-28(25)37/h4-8,15,18,25H,9-14,16-17H2,1-3H3,(H2,31,36)(H,32,35,37). The number of anilines is 1. The lowest BCUT2D eigenvalue weighted by Crippen LogP contribution is -2.52. The molecule has 3 aliphatic heterocycles. The number of benzene rings is 2. The Morgan fingerprint density at radius 1 is 1.08 bits per heavy atom. The second-order valence-corrected chi connectivity index (χ2v) is 11.8. The van der Waals surface area contributed by atoms with Crippen molar-refractivity contribution >= 4 is 29.3 Å². The molecule has 0 aromatic heterocycles. The molecule has 0 bridgehead atoms. The predicted octanol–water partition coefficient (Wildman–Crippen LogP) is 3.14. The molecule has 3 N–H and O–H groups in total. The van der Waals surface area contributed by atoms with E-state index in [2.05, 4.69) is 10.2 Å². The normalized spacial score (nSPS) is 20.2. The zero-order valence-electron chi connectivity index (χ0n) is 22.8. The summed E-state index contributed by atoms with van der Waals surface area (Å²) in [7, 11) is 0. The van der Waals surface area contributed by atoms with Crippen LogP contribution in [-0.4, -0.2) is 54.3 Å². The van der Waals surface area contributed by atoms with Crippen LogP contribution in [0, 0.1) is 5.92 Å². The van der Waals surface area contributed by atoms with Gasteiger partial charge in [-0.2, -0.15) is 0 Å². The fraction of sp³-hybridized carbons (Fsp3) is 0.467. The number of piperidine rings is 2. The van der Waals surface area contributed by atoms with Gasteiger partial charge in [0.2, 0.25) is 17.7 Å². The molecule has 206 valence electrons. The molecule has 0 aliphatic carbocycles. The molecule has 0 spiro atoms. The average Bonchev–Trinajstić information content (AvgIpc) is 3.23. The summed E-state index contributed by atoms with van der Waals surface area (Å²) in [6.07, 6.45) is 2.49. The van der Waals surface area contributed by atoms with Gasteiger partial charge in [-0.1, -0.05) is 26.8 Å². The zero-order chi connectivity index (χ0) is 27.9. The van der Waals surface area contributed by atoms with Crippen LogP contribution in [0.4, 0.5) is 5.69 Å². The molecule has 1 unspecified atom stereocenters. The van der Waals surface area contributed by atoms with Crippen molar-refractivity contribution in [3.63, 3.8) is 0 Å². The van der Waals surface area contributed by atoms with Crippen molar-refractivity contribution in [2.45, 2.75) is 64.5 Å². The number of primary amides is 1. The molecule has 9 heteroatoms. The van der Waals surface area contributed by atoms with Crippen LogP contribution >= 0.6 is 0 Å². The van der Waals surface area contributed by atoms with Crippen LogP contribution < -0.4 is 20.7 Å². The van der Waals surface area contributed by atoms with Crippen LogP contribution in [0.2, 0.25) is 0 Å². The van der Waals surface area contributed by atoms with Crippen LogP contribution in [0.3, 0.4) is 0 Å². The minimum absolute atomic E-state index is 0.151. The Labute approximate surface area is 228 Å². The molecule has 5 rings (SSSR count). The lowest BCUT2D eigenvalue weighted by atomic mass is 9.83. The molecular weight excluding hydrogens is 496 g/mol. The zero-order valence-corrected chi connectivity index (χ0v) is 22.8. The van der Waals surface area contributed by atoms with E-state index < -0.39 is 17.9 Å². The molecule has 0 radical (unpaired) electrons. The monoisotopic (exact) mass is 532 g/mol. The van der Waals surface area contributed by atoms with Crippen molar-refractivity contribution in [3.8, 4) is 5.75 Å². The van der Waals surface area contributed by atoms with E-state index in [0.29, 0.717) is 36.6 Å². The number of imide groups is 1. The van der Waals surface area contributed by atoms with E-state index in [4.69, 9.17) is 10.5 Å². The van der Waals surface area contributed by atoms with Crippen molar-refractivity contribution in [2.24, 2.45) is 11.7 Å². The SMILES string of the molecule is CC(C)(C)c1cc(OCC2CCN(c3cccc4c3CN(C3CCC(=O)NC3=O)C4=O)CC2)ccc1C(N)=O. The number of carbonyl (C=O) groups excluding carboxylic acids is 4. The van der Waals surface area contributed by atoms with Gasteiger partial charge < -0.3 is 20.3 Å². The molecule has 2 fully saturated rings. The highest BCUT2D eigenvalue weighted by atomic mass is 16.5. The lowest BCUT2D eigenvalue weighted by molar-refractivity contribution is -0.136. The van der Waals surface area contributed by atoms with E-state index in [0.717, 1.165) is 48.5 Å². The maximum absolute atomic E-state index is 13.2. The number of hydrogen-bond donors (Lipinski definition) is 2. The topological polar surface area (TPSA) is 122 Å². The largest absolute Gasteiger partial charge is 0.493 e. The molecule has 4 amide bonds. The summed E-state index contributed by atoms with van der Waals surface area (Å²) in [6.45, 7) is 8.78. The van der Waals surface area contributed by atoms with Crippen LogP contribution in [0.25, 0.3) is 0 Å². The maximum Gasteiger partial charge on any atom is 0.255 e. The van der Waals surface area contributed by atoms with Gasteiger partial charge in [-0.05, 0) is 66.5 Å². The van der Waals surface area contributed by atoms with Gasteiger partial charge in [-0.25, -0.2) is 0 Å². The smallest absolute Gasteiger partial charge is 0.255 e. The van der Waals surface area contributed by atoms with Crippen molar-refractivity contribution < 1.29 is 23.9 Å². The van der Waals surface area contributed by atoms with Crippen LogP contribution in [-0.2, 0) is 21.5 Å². The first-order valence-corrected chi connectivity index (χ1v) is 13.6. The van der Waals surface area contributed by atoms with Crippen molar-refractivity contribution in [2.75, 3.05) is 24.6 Å². The van der Waals surface area contributed by atoms with E-state index in [1.165, 1.54) is 0 Å². The quantitative estimate of drug-likeness (QED) is 0.552. The Kier molecular flexibility index (Phi) is 7.09. The number of nitrogens with one attached hydrogen (secondary N) is 1. The van der Waals surface area contributed by atoms with Gasteiger partial charge in [-0.3, -0.25) is 24.5 Å². The van der Waals surface area contributed by atoms with Crippen LogP contribution in [0.15, 0.2) is 36.4 Å². The van der Waals surface area contributed by atoms with Gasteiger partial charge in [0.1, 0.15) is 11.8 Å². The minimum atomic E-state index is -0.617. The highest BCUT2D eigenvalue weighted by Gasteiger charge is 2.40. The first-order valence-electron chi connectivity index (χ1n) is 13.6. The third kappa shape index (κ3) is 5.35. The summed E-state index contributed by atoms with van der Waals surface area (Å²) in [5.41, 5.74) is 9.36. The van der Waals surface area contributed by atoms with E-state index >= 15 is 0 Å². The highest BCUT2D eigenvalue weighted by Crippen LogP contribution is 2.36. The number of fused-ring (bicyclic) bond motifs is 1. The number of rotatable bonds is 6. The van der Waals surface area contributed by atoms with Gasteiger partial charge in [0, 0.05) is 48.4 Å². The number of nitrogens with zero attached hydrogens (tertiary/aromatic N) is 2. The van der Waals surface area contributed by atoms with Crippen molar-refractivity contribution in [1.82, 2.24) is 10.2 Å². The predicted molar refractivity (Wildman–Crippen MR) is 147 cm³/mol. The molecule has 39 heavy (non-hydrogen) atoms.